The van der Waals surface area contributed by atoms with Gasteiger partial charge in [0.15, 0.2) is 0 Å². The molecule has 2 rings (SSSR count). The molecule has 2 unspecified atom stereocenters. The number of carbonyl (C=O) groups is 1. The summed E-state index contributed by atoms with van der Waals surface area (Å²) in [4.78, 5) is 11.2. The summed E-state index contributed by atoms with van der Waals surface area (Å²) in [5, 5.41) is 22.3. The van der Waals surface area contributed by atoms with Crippen LogP contribution in [-0.2, 0) is 0 Å². The van der Waals surface area contributed by atoms with Crippen LogP contribution in [0.5, 0.6) is 0 Å². The number of aliphatic hydroxyl groups excluding tert-OH is 1. The normalized spacial score (nSPS) is 23.1. The van der Waals surface area contributed by atoms with Crippen LogP contribution in [0.15, 0.2) is 22.7 Å². The Balaban J connectivity index is 2.07. The molecule has 0 radical (unpaired) electrons. The summed E-state index contributed by atoms with van der Waals surface area (Å²) in [5.74, 6) is -0.756. The number of anilines is 1. The Morgan fingerprint density at radius 3 is 2.79 bits per heavy atom. The zero-order chi connectivity index (χ0) is 13.8. The number of nitrogens with one attached hydrogen (secondary N) is 1. The Hall–Kier alpha value is -1.07. The minimum absolute atomic E-state index is 0.203. The Labute approximate surface area is 121 Å². The van der Waals surface area contributed by atoms with E-state index in [4.69, 9.17) is 0 Å². The molecule has 3 N–H and O–H groups in total. The molecule has 104 valence electrons. The lowest BCUT2D eigenvalue weighted by atomic mass is 9.86. The molecule has 1 saturated carbocycles. The van der Waals surface area contributed by atoms with Crippen molar-refractivity contribution in [3.05, 3.63) is 28.2 Å². The van der Waals surface area contributed by atoms with Crippen LogP contribution < -0.4 is 5.32 Å². The van der Waals surface area contributed by atoms with Gasteiger partial charge in [-0.05, 0) is 40.9 Å². The summed E-state index contributed by atoms with van der Waals surface area (Å²) >= 11 is 3.26. The molecule has 4 nitrogen and oxygen atoms in total. The molecule has 0 aliphatic heterocycles. The monoisotopic (exact) mass is 327 g/mol. The van der Waals surface area contributed by atoms with Gasteiger partial charge >= 0.3 is 5.97 Å². The van der Waals surface area contributed by atoms with E-state index in [1.54, 1.807) is 18.2 Å². The predicted octanol–water partition coefficient (Wildman–Crippen LogP) is 3.11. The number of halogens is 1. The van der Waals surface area contributed by atoms with E-state index in [2.05, 4.69) is 21.2 Å². The van der Waals surface area contributed by atoms with Crippen molar-refractivity contribution in [3.63, 3.8) is 0 Å². The highest BCUT2D eigenvalue weighted by molar-refractivity contribution is 9.10. The Kier molecular flexibility index (Phi) is 4.82. The lowest BCUT2D eigenvalue weighted by molar-refractivity contribution is 0.0696. The van der Waals surface area contributed by atoms with Gasteiger partial charge in [-0.3, -0.25) is 0 Å². The first-order valence-electron chi connectivity index (χ1n) is 6.53. The summed E-state index contributed by atoms with van der Waals surface area (Å²) < 4.78 is 0.564. The van der Waals surface area contributed by atoms with Crippen molar-refractivity contribution < 1.29 is 15.0 Å². The molecular weight excluding hydrogens is 310 g/mol. The number of rotatable bonds is 4. The van der Waals surface area contributed by atoms with Crippen molar-refractivity contribution in [2.75, 3.05) is 11.9 Å². The van der Waals surface area contributed by atoms with Crippen LogP contribution in [0.25, 0.3) is 0 Å². The fourth-order valence-electron chi connectivity index (χ4n) is 2.56. The first-order valence-corrected chi connectivity index (χ1v) is 7.32. The van der Waals surface area contributed by atoms with Gasteiger partial charge in [0.05, 0.1) is 11.7 Å². The second kappa shape index (κ2) is 6.39. The van der Waals surface area contributed by atoms with Gasteiger partial charge < -0.3 is 15.5 Å². The summed E-state index contributed by atoms with van der Waals surface area (Å²) in [6, 6.07) is 5.27. The quantitative estimate of drug-likeness (QED) is 0.794. The molecule has 1 aliphatic rings. The van der Waals surface area contributed by atoms with Gasteiger partial charge in [-0.2, -0.15) is 0 Å². The first kappa shape index (κ1) is 14.3. The van der Waals surface area contributed by atoms with E-state index in [1.165, 1.54) is 0 Å². The molecule has 1 fully saturated rings. The van der Waals surface area contributed by atoms with E-state index in [1.807, 2.05) is 0 Å². The minimum atomic E-state index is -0.959. The number of hydrogen-bond acceptors (Lipinski definition) is 3. The van der Waals surface area contributed by atoms with Crippen LogP contribution in [0.2, 0.25) is 0 Å². The molecule has 0 saturated heterocycles. The zero-order valence-corrected chi connectivity index (χ0v) is 12.2. The highest BCUT2D eigenvalue weighted by atomic mass is 79.9. The average molecular weight is 328 g/mol. The number of hydrogen-bond donors (Lipinski definition) is 3. The molecule has 0 heterocycles. The van der Waals surface area contributed by atoms with E-state index >= 15 is 0 Å². The summed E-state index contributed by atoms with van der Waals surface area (Å²) in [5.41, 5.74) is 0.840. The van der Waals surface area contributed by atoms with Crippen molar-refractivity contribution in [3.8, 4) is 0 Å². The molecule has 1 aromatic carbocycles. The van der Waals surface area contributed by atoms with Crippen molar-refractivity contribution in [1.82, 2.24) is 0 Å². The zero-order valence-electron chi connectivity index (χ0n) is 10.6. The van der Waals surface area contributed by atoms with E-state index in [-0.39, 0.29) is 17.6 Å². The lowest BCUT2D eigenvalue weighted by Gasteiger charge is -2.28. The number of aliphatic hydroxyl groups is 1. The lowest BCUT2D eigenvalue weighted by Crippen LogP contribution is -2.30. The third kappa shape index (κ3) is 3.48. The molecule has 19 heavy (non-hydrogen) atoms. The fraction of sp³-hybridized carbons (Fsp3) is 0.500. The summed E-state index contributed by atoms with van der Waals surface area (Å²) in [7, 11) is 0. The second-order valence-corrected chi connectivity index (χ2v) is 5.81. The first-order chi connectivity index (χ1) is 9.09. The number of carboxylic acid groups (broad SMARTS) is 1. The summed E-state index contributed by atoms with van der Waals surface area (Å²) in [6.07, 6.45) is 3.77. The second-order valence-electron chi connectivity index (χ2n) is 4.96. The largest absolute Gasteiger partial charge is 0.478 e. The minimum Gasteiger partial charge on any atom is -0.478 e. The van der Waals surface area contributed by atoms with Gasteiger partial charge in [0.1, 0.15) is 0 Å². The Bertz CT molecular complexity index is 464. The van der Waals surface area contributed by atoms with Crippen LogP contribution in [0.4, 0.5) is 5.69 Å². The molecule has 0 amide bonds. The maximum atomic E-state index is 11.2. The van der Waals surface area contributed by atoms with Crippen molar-refractivity contribution in [2.24, 2.45) is 5.92 Å². The number of carboxylic acids is 1. The Morgan fingerprint density at radius 1 is 1.37 bits per heavy atom. The third-order valence-corrected chi connectivity index (χ3v) is 4.31. The molecule has 1 aliphatic carbocycles. The molecule has 0 aromatic heterocycles. The SMILES string of the molecule is O=C(O)c1c(Br)cccc1NCC1CCCCC1O. The van der Waals surface area contributed by atoms with Crippen LogP contribution in [0.3, 0.4) is 0 Å². The molecule has 0 bridgehead atoms. The van der Waals surface area contributed by atoms with Gasteiger partial charge in [0.2, 0.25) is 0 Å². The molecule has 0 spiro atoms. The van der Waals surface area contributed by atoms with Crippen molar-refractivity contribution in [1.29, 1.82) is 0 Å². The highest BCUT2D eigenvalue weighted by Crippen LogP contribution is 2.28. The maximum Gasteiger partial charge on any atom is 0.338 e. The maximum absolute atomic E-state index is 11.2. The Morgan fingerprint density at radius 2 is 2.11 bits per heavy atom. The third-order valence-electron chi connectivity index (χ3n) is 3.65. The summed E-state index contributed by atoms with van der Waals surface area (Å²) in [6.45, 7) is 0.609. The molecule has 1 aromatic rings. The number of aromatic carboxylic acids is 1. The van der Waals surface area contributed by atoms with Crippen molar-refractivity contribution >= 4 is 27.6 Å². The van der Waals surface area contributed by atoms with Crippen LogP contribution in [0.1, 0.15) is 36.0 Å². The van der Waals surface area contributed by atoms with Gasteiger partial charge in [0.25, 0.3) is 0 Å². The van der Waals surface area contributed by atoms with Crippen molar-refractivity contribution in [2.45, 2.75) is 31.8 Å². The van der Waals surface area contributed by atoms with Crippen LogP contribution in [-0.4, -0.2) is 28.8 Å². The van der Waals surface area contributed by atoms with Gasteiger partial charge in [-0.15, -0.1) is 0 Å². The predicted molar refractivity (Wildman–Crippen MR) is 77.6 cm³/mol. The topological polar surface area (TPSA) is 69.6 Å². The molecular formula is C14H18BrNO3. The standard InChI is InChI=1S/C14H18BrNO3/c15-10-5-3-6-11(13(10)14(18)19)16-8-9-4-1-2-7-12(9)17/h3,5-6,9,12,16-17H,1-2,4,7-8H2,(H,18,19). The van der Waals surface area contributed by atoms with Crippen LogP contribution >= 0.6 is 15.9 Å². The van der Waals surface area contributed by atoms with E-state index in [0.717, 1.165) is 25.7 Å². The van der Waals surface area contributed by atoms with Crippen LogP contribution in [0, 0.1) is 5.92 Å². The van der Waals surface area contributed by atoms with Gasteiger partial charge in [-0.25, -0.2) is 4.79 Å². The smallest absolute Gasteiger partial charge is 0.338 e. The van der Waals surface area contributed by atoms with Gasteiger partial charge in [0, 0.05) is 22.6 Å². The molecule has 5 heteroatoms. The van der Waals surface area contributed by atoms with E-state index in [9.17, 15) is 15.0 Å². The average Bonchev–Trinajstić information content (AvgIpc) is 2.37. The molecule has 2 atom stereocenters. The van der Waals surface area contributed by atoms with E-state index < -0.39 is 5.97 Å². The fourth-order valence-corrected chi connectivity index (χ4v) is 3.09. The highest BCUT2D eigenvalue weighted by Gasteiger charge is 2.23. The number of benzene rings is 1. The van der Waals surface area contributed by atoms with Gasteiger partial charge in [-0.1, -0.05) is 18.9 Å². The van der Waals surface area contributed by atoms with E-state index in [0.29, 0.717) is 16.7 Å².